The Bertz CT molecular complexity index is 273. The summed E-state index contributed by atoms with van der Waals surface area (Å²) in [5, 5.41) is 0. The molecule has 0 aliphatic rings. The molecular formula is C8H8BrFO. The highest BCUT2D eigenvalue weighted by atomic mass is 79.9. The van der Waals surface area contributed by atoms with Crippen molar-refractivity contribution in [2.45, 2.75) is 6.92 Å². The Hall–Kier alpha value is -0.570. The first-order chi connectivity index (χ1) is 5.16. The third-order valence-electron chi connectivity index (χ3n) is 1.45. The van der Waals surface area contributed by atoms with Gasteiger partial charge >= 0.3 is 0 Å². The summed E-state index contributed by atoms with van der Waals surface area (Å²) in [7, 11) is 1.45. The van der Waals surface area contributed by atoms with E-state index in [9.17, 15) is 4.39 Å². The largest absolute Gasteiger partial charge is 0.492 e. The Morgan fingerprint density at radius 3 is 2.55 bits per heavy atom. The predicted molar refractivity (Wildman–Crippen MR) is 45.4 cm³/mol. The first-order valence-electron chi connectivity index (χ1n) is 3.15. The van der Waals surface area contributed by atoms with E-state index in [1.165, 1.54) is 13.2 Å². The molecule has 1 nitrogen and oxygen atoms in total. The van der Waals surface area contributed by atoms with Gasteiger partial charge in [-0.15, -0.1) is 0 Å². The first kappa shape index (κ1) is 8.53. The fourth-order valence-corrected chi connectivity index (χ4v) is 1.30. The molecule has 0 radical (unpaired) electrons. The van der Waals surface area contributed by atoms with E-state index in [-0.39, 0.29) is 11.6 Å². The van der Waals surface area contributed by atoms with Crippen molar-refractivity contribution in [1.82, 2.24) is 0 Å². The van der Waals surface area contributed by atoms with Crippen LogP contribution < -0.4 is 4.74 Å². The van der Waals surface area contributed by atoms with Crippen LogP contribution in [0.5, 0.6) is 5.75 Å². The summed E-state index contributed by atoms with van der Waals surface area (Å²) < 4.78 is 18.4. The second-order valence-corrected chi connectivity index (χ2v) is 3.00. The van der Waals surface area contributed by atoms with Crippen LogP contribution in [0.15, 0.2) is 16.6 Å². The standard InChI is InChI=1S/C8H8BrFO/c1-5-3-4-6(10)8(11-2)7(5)9/h3-4H,1-2H3. The molecule has 1 aromatic rings. The van der Waals surface area contributed by atoms with E-state index in [1.54, 1.807) is 6.07 Å². The Balaban J connectivity index is 3.29. The van der Waals surface area contributed by atoms with Gasteiger partial charge in [0.25, 0.3) is 0 Å². The molecule has 1 rings (SSSR count). The van der Waals surface area contributed by atoms with Gasteiger partial charge in [-0.1, -0.05) is 6.07 Å². The van der Waals surface area contributed by atoms with Gasteiger partial charge in [0, 0.05) is 0 Å². The van der Waals surface area contributed by atoms with E-state index in [4.69, 9.17) is 4.74 Å². The summed E-state index contributed by atoms with van der Waals surface area (Å²) >= 11 is 3.23. The quantitative estimate of drug-likeness (QED) is 0.705. The maximum absolute atomic E-state index is 12.9. The maximum atomic E-state index is 12.9. The summed E-state index contributed by atoms with van der Waals surface area (Å²) in [4.78, 5) is 0. The molecule has 0 saturated heterocycles. The fourth-order valence-electron chi connectivity index (χ4n) is 0.818. The summed E-state index contributed by atoms with van der Waals surface area (Å²) in [6, 6.07) is 3.08. The van der Waals surface area contributed by atoms with E-state index in [0.29, 0.717) is 4.47 Å². The lowest BCUT2D eigenvalue weighted by Gasteiger charge is -2.05. The number of hydrogen-bond acceptors (Lipinski definition) is 1. The molecule has 0 aromatic heterocycles. The molecule has 0 spiro atoms. The molecule has 0 heterocycles. The highest BCUT2D eigenvalue weighted by molar-refractivity contribution is 9.10. The van der Waals surface area contributed by atoms with Crippen LogP contribution in [0.4, 0.5) is 4.39 Å². The molecule has 1 aromatic carbocycles. The van der Waals surface area contributed by atoms with Gasteiger partial charge in [-0.3, -0.25) is 0 Å². The minimum atomic E-state index is -0.343. The fraction of sp³-hybridized carbons (Fsp3) is 0.250. The average molecular weight is 219 g/mol. The SMILES string of the molecule is COc1c(F)ccc(C)c1Br. The van der Waals surface area contributed by atoms with Crippen molar-refractivity contribution >= 4 is 15.9 Å². The number of hydrogen-bond donors (Lipinski definition) is 0. The lowest BCUT2D eigenvalue weighted by atomic mass is 10.2. The van der Waals surface area contributed by atoms with Gasteiger partial charge < -0.3 is 4.74 Å². The van der Waals surface area contributed by atoms with Crippen LogP contribution in [0.2, 0.25) is 0 Å². The number of halogens is 2. The van der Waals surface area contributed by atoms with Gasteiger partial charge in [-0.2, -0.15) is 0 Å². The molecule has 0 aliphatic carbocycles. The van der Waals surface area contributed by atoms with E-state index in [0.717, 1.165) is 5.56 Å². The number of benzene rings is 1. The van der Waals surface area contributed by atoms with E-state index in [1.807, 2.05) is 6.92 Å². The molecule has 11 heavy (non-hydrogen) atoms. The smallest absolute Gasteiger partial charge is 0.168 e. The minimum Gasteiger partial charge on any atom is -0.492 e. The second kappa shape index (κ2) is 3.22. The van der Waals surface area contributed by atoms with Gasteiger partial charge in [0.1, 0.15) is 0 Å². The number of ether oxygens (including phenoxy) is 1. The van der Waals surface area contributed by atoms with Crippen LogP contribution in [0.25, 0.3) is 0 Å². The lowest BCUT2D eigenvalue weighted by Crippen LogP contribution is -1.90. The molecule has 0 aliphatic heterocycles. The Morgan fingerprint density at radius 2 is 2.09 bits per heavy atom. The van der Waals surface area contributed by atoms with E-state index >= 15 is 0 Å². The molecule has 0 amide bonds. The van der Waals surface area contributed by atoms with Gasteiger partial charge in [0.15, 0.2) is 11.6 Å². The Morgan fingerprint density at radius 1 is 1.45 bits per heavy atom. The molecule has 0 unspecified atom stereocenters. The zero-order chi connectivity index (χ0) is 8.43. The summed E-state index contributed by atoms with van der Waals surface area (Å²) in [6.07, 6.45) is 0. The van der Waals surface area contributed by atoms with Crippen LogP contribution in [0.1, 0.15) is 5.56 Å². The minimum absolute atomic E-state index is 0.269. The number of rotatable bonds is 1. The van der Waals surface area contributed by atoms with Gasteiger partial charge in [0.2, 0.25) is 0 Å². The topological polar surface area (TPSA) is 9.23 Å². The van der Waals surface area contributed by atoms with Crippen molar-refractivity contribution in [3.8, 4) is 5.75 Å². The Kier molecular flexibility index (Phi) is 2.49. The molecule has 3 heteroatoms. The van der Waals surface area contributed by atoms with Gasteiger partial charge in [-0.05, 0) is 34.5 Å². The molecular weight excluding hydrogens is 211 g/mol. The van der Waals surface area contributed by atoms with Crippen molar-refractivity contribution in [3.63, 3.8) is 0 Å². The van der Waals surface area contributed by atoms with Crippen molar-refractivity contribution in [1.29, 1.82) is 0 Å². The van der Waals surface area contributed by atoms with Crippen LogP contribution in [0, 0.1) is 12.7 Å². The normalized spacial score (nSPS) is 9.82. The van der Waals surface area contributed by atoms with Crippen molar-refractivity contribution in [2.75, 3.05) is 7.11 Å². The van der Waals surface area contributed by atoms with Crippen LogP contribution in [0.3, 0.4) is 0 Å². The van der Waals surface area contributed by atoms with E-state index < -0.39 is 0 Å². The van der Waals surface area contributed by atoms with Crippen molar-refractivity contribution < 1.29 is 9.13 Å². The third kappa shape index (κ3) is 1.53. The summed E-state index contributed by atoms with van der Waals surface area (Å²) in [5.74, 6) is -0.0741. The highest BCUT2D eigenvalue weighted by Crippen LogP contribution is 2.30. The number of aryl methyl sites for hydroxylation is 1. The van der Waals surface area contributed by atoms with Crippen LogP contribution in [-0.4, -0.2) is 7.11 Å². The Labute approximate surface area is 73.3 Å². The maximum Gasteiger partial charge on any atom is 0.168 e. The molecule has 60 valence electrons. The predicted octanol–water partition coefficient (Wildman–Crippen LogP) is 2.91. The summed E-state index contributed by atoms with van der Waals surface area (Å²) in [5.41, 5.74) is 0.961. The zero-order valence-electron chi connectivity index (χ0n) is 6.32. The van der Waals surface area contributed by atoms with Crippen LogP contribution in [-0.2, 0) is 0 Å². The average Bonchev–Trinajstić information content (AvgIpc) is 1.99. The lowest BCUT2D eigenvalue weighted by molar-refractivity contribution is 0.383. The molecule has 0 atom stereocenters. The molecule has 0 bridgehead atoms. The summed E-state index contributed by atoms with van der Waals surface area (Å²) in [6.45, 7) is 1.88. The first-order valence-corrected chi connectivity index (χ1v) is 3.94. The monoisotopic (exact) mass is 218 g/mol. The zero-order valence-corrected chi connectivity index (χ0v) is 7.90. The van der Waals surface area contributed by atoms with Gasteiger partial charge in [-0.25, -0.2) is 4.39 Å². The molecule has 0 saturated carbocycles. The van der Waals surface area contributed by atoms with E-state index in [2.05, 4.69) is 15.9 Å². The molecule has 0 N–H and O–H groups in total. The molecule has 0 fully saturated rings. The van der Waals surface area contributed by atoms with Crippen LogP contribution >= 0.6 is 15.9 Å². The second-order valence-electron chi connectivity index (χ2n) is 2.21. The van der Waals surface area contributed by atoms with Crippen molar-refractivity contribution in [2.24, 2.45) is 0 Å². The third-order valence-corrected chi connectivity index (χ3v) is 2.43. The highest BCUT2D eigenvalue weighted by Gasteiger charge is 2.08. The number of methoxy groups -OCH3 is 1. The van der Waals surface area contributed by atoms with Crippen molar-refractivity contribution in [3.05, 3.63) is 28.0 Å². The van der Waals surface area contributed by atoms with Gasteiger partial charge in [0.05, 0.1) is 11.6 Å².